The third-order valence-electron chi connectivity index (χ3n) is 10.9. The van der Waals surface area contributed by atoms with E-state index in [-0.39, 0.29) is 11.7 Å². The summed E-state index contributed by atoms with van der Waals surface area (Å²) in [5, 5.41) is 10.2. The van der Waals surface area contributed by atoms with Crippen LogP contribution in [0.1, 0.15) is 98.8 Å². The molecule has 9 atom stereocenters. The van der Waals surface area contributed by atoms with Gasteiger partial charge in [0, 0.05) is 0 Å². The van der Waals surface area contributed by atoms with Crippen molar-refractivity contribution in [3.05, 3.63) is 11.6 Å². The average Bonchev–Trinajstić information content (AvgIpc) is 3.11. The Bertz CT molecular complexity index is 680. The Morgan fingerprint density at radius 2 is 1.83 bits per heavy atom. The Morgan fingerprint density at radius 3 is 2.55 bits per heavy atom. The van der Waals surface area contributed by atoms with Crippen molar-refractivity contribution in [3.8, 4) is 0 Å². The molecule has 4 fully saturated rings. The van der Waals surface area contributed by atoms with Crippen molar-refractivity contribution >= 4 is 0 Å². The molecule has 0 radical (unpaired) electrons. The fourth-order valence-corrected chi connectivity index (χ4v) is 8.97. The number of epoxide rings is 1. The monoisotopic (exact) mass is 400 g/mol. The molecule has 5 aliphatic rings. The first kappa shape index (κ1) is 20.6. The molecule has 0 aromatic rings. The van der Waals surface area contributed by atoms with E-state index in [0.29, 0.717) is 16.9 Å². The molecule has 1 unspecified atom stereocenters. The van der Waals surface area contributed by atoms with E-state index in [4.69, 9.17) is 4.74 Å². The topological polar surface area (TPSA) is 32.8 Å². The number of hydrogen-bond acceptors (Lipinski definition) is 2. The zero-order valence-corrected chi connectivity index (χ0v) is 19.5. The number of rotatable bonds is 4. The van der Waals surface area contributed by atoms with Crippen LogP contribution in [0.2, 0.25) is 0 Å². The van der Waals surface area contributed by atoms with Gasteiger partial charge in [0.05, 0.1) is 17.8 Å². The van der Waals surface area contributed by atoms with Crippen molar-refractivity contribution < 1.29 is 9.84 Å². The SMILES string of the molecule is C[C@H](CCC1OC1(C)C)[C@H]1CC[C@H]2[C@@H]3CC=C4C[C@@H](O)CC[C@]4(C)[C@H]3CC[C@]12C. The molecule has 1 saturated heterocycles. The van der Waals surface area contributed by atoms with E-state index in [0.717, 1.165) is 42.4 Å². The van der Waals surface area contributed by atoms with E-state index in [9.17, 15) is 5.11 Å². The summed E-state index contributed by atoms with van der Waals surface area (Å²) in [5.74, 6) is 4.41. The van der Waals surface area contributed by atoms with Crippen LogP contribution in [-0.4, -0.2) is 22.9 Å². The first-order chi connectivity index (χ1) is 13.6. The van der Waals surface area contributed by atoms with Crippen LogP contribution in [0.3, 0.4) is 0 Å². The van der Waals surface area contributed by atoms with Gasteiger partial charge in [0.25, 0.3) is 0 Å². The van der Waals surface area contributed by atoms with Crippen molar-refractivity contribution in [2.45, 2.75) is 117 Å². The molecule has 1 N–H and O–H groups in total. The van der Waals surface area contributed by atoms with Crippen LogP contribution in [0.15, 0.2) is 11.6 Å². The minimum absolute atomic E-state index is 0.0862. The maximum atomic E-state index is 10.2. The molecule has 164 valence electrons. The zero-order chi connectivity index (χ0) is 20.6. The van der Waals surface area contributed by atoms with Crippen LogP contribution in [0.25, 0.3) is 0 Å². The Kier molecular flexibility index (Phi) is 4.84. The van der Waals surface area contributed by atoms with Gasteiger partial charge in [-0.2, -0.15) is 0 Å². The molecule has 2 nitrogen and oxygen atoms in total. The Morgan fingerprint density at radius 1 is 1.07 bits per heavy atom. The highest BCUT2D eigenvalue weighted by molar-refractivity contribution is 5.25. The van der Waals surface area contributed by atoms with Gasteiger partial charge in [-0.1, -0.05) is 32.4 Å². The molecule has 5 rings (SSSR count). The maximum absolute atomic E-state index is 10.2. The summed E-state index contributed by atoms with van der Waals surface area (Å²) in [6.45, 7) is 12.3. The Balaban J connectivity index is 1.30. The number of ether oxygens (including phenoxy) is 1. The Hall–Kier alpha value is -0.340. The molecule has 0 aromatic heterocycles. The van der Waals surface area contributed by atoms with Crippen molar-refractivity contribution in [2.24, 2.45) is 40.4 Å². The van der Waals surface area contributed by atoms with Crippen LogP contribution in [0.4, 0.5) is 0 Å². The highest BCUT2D eigenvalue weighted by Gasteiger charge is 2.59. The second kappa shape index (κ2) is 6.83. The fraction of sp³-hybridized carbons (Fsp3) is 0.926. The summed E-state index contributed by atoms with van der Waals surface area (Å²) in [6.07, 6.45) is 15.8. The average molecular weight is 401 g/mol. The number of allylic oxidation sites excluding steroid dienone is 1. The molecule has 0 amide bonds. The number of aliphatic hydroxyl groups is 1. The smallest absolute Gasteiger partial charge is 0.0892 e. The Labute approximate surface area is 178 Å². The largest absolute Gasteiger partial charge is 0.393 e. The summed E-state index contributed by atoms with van der Waals surface area (Å²) >= 11 is 0. The van der Waals surface area contributed by atoms with Crippen molar-refractivity contribution in [2.75, 3.05) is 0 Å². The summed E-state index contributed by atoms with van der Waals surface area (Å²) in [5.41, 5.74) is 2.68. The van der Waals surface area contributed by atoms with Gasteiger partial charge in [0.15, 0.2) is 0 Å². The van der Waals surface area contributed by atoms with Gasteiger partial charge in [-0.3, -0.25) is 0 Å². The lowest BCUT2D eigenvalue weighted by atomic mass is 9.47. The van der Waals surface area contributed by atoms with Crippen LogP contribution in [0, 0.1) is 40.4 Å². The van der Waals surface area contributed by atoms with E-state index in [1.54, 1.807) is 5.57 Å². The molecule has 0 aromatic carbocycles. The predicted octanol–water partition coefficient (Wildman–Crippen LogP) is 6.52. The number of fused-ring (bicyclic) bond motifs is 5. The predicted molar refractivity (Wildman–Crippen MR) is 119 cm³/mol. The molecule has 1 aliphatic heterocycles. The van der Waals surface area contributed by atoms with Gasteiger partial charge in [-0.05, 0) is 118 Å². The highest BCUT2D eigenvalue weighted by atomic mass is 16.6. The number of aliphatic hydroxyl groups excluding tert-OH is 1. The molecule has 3 saturated carbocycles. The molecule has 4 aliphatic carbocycles. The van der Waals surface area contributed by atoms with E-state index >= 15 is 0 Å². The van der Waals surface area contributed by atoms with Crippen LogP contribution >= 0.6 is 0 Å². The fourth-order valence-electron chi connectivity index (χ4n) is 8.97. The van der Waals surface area contributed by atoms with E-state index in [1.165, 1.54) is 51.4 Å². The van der Waals surface area contributed by atoms with Crippen LogP contribution in [-0.2, 0) is 4.74 Å². The normalized spacial score (nSPS) is 51.4. The summed E-state index contributed by atoms with van der Waals surface area (Å²) in [6, 6.07) is 0. The van der Waals surface area contributed by atoms with Gasteiger partial charge in [-0.25, -0.2) is 0 Å². The minimum atomic E-state index is -0.0862. The second-order valence-electron chi connectivity index (χ2n) is 12.6. The minimum Gasteiger partial charge on any atom is -0.393 e. The molecule has 0 bridgehead atoms. The van der Waals surface area contributed by atoms with E-state index in [1.807, 2.05) is 0 Å². The van der Waals surface area contributed by atoms with E-state index in [2.05, 4.69) is 40.7 Å². The second-order valence-corrected chi connectivity index (χ2v) is 12.6. The van der Waals surface area contributed by atoms with Gasteiger partial charge >= 0.3 is 0 Å². The molecular formula is C27H44O2. The van der Waals surface area contributed by atoms with Gasteiger partial charge in [0.2, 0.25) is 0 Å². The van der Waals surface area contributed by atoms with Crippen LogP contribution in [0.5, 0.6) is 0 Å². The summed E-state index contributed by atoms with van der Waals surface area (Å²) in [4.78, 5) is 0. The highest BCUT2D eigenvalue weighted by Crippen LogP contribution is 2.67. The zero-order valence-electron chi connectivity index (χ0n) is 19.5. The molecular weight excluding hydrogens is 356 g/mol. The molecule has 1 heterocycles. The van der Waals surface area contributed by atoms with Crippen LogP contribution < -0.4 is 0 Å². The third kappa shape index (κ3) is 3.18. The quantitative estimate of drug-likeness (QED) is 0.430. The van der Waals surface area contributed by atoms with E-state index < -0.39 is 0 Å². The number of hydrogen-bond donors (Lipinski definition) is 1. The third-order valence-corrected chi connectivity index (χ3v) is 10.9. The lowest BCUT2D eigenvalue weighted by Crippen LogP contribution is -2.50. The maximum Gasteiger partial charge on any atom is 0.0892 e. The summed E-state index contributed by atoms with van der Waals surface area (Å²) < 4.78 is 5.86. The van der Waals surface area contributed by atoms with Crippen molar-refractivity contribution in [1.29, 1.82) is 0 Å². The summed E-state index contributed by atoms with van der Waals surface area (Å²) in [7, 11) is 0. The molecule has 29 heavy (non-hydrogen) atoms. The first-order valence-corrected chi connectivity index (χ1v) is 12.7. The lowest BCUT2D eigenvalue weighted by molar-refractivity contribution is -0.0573. The molecule has 0 spiro atoms. The first-order valence-electron chi connectivity index (χ1n) is 12.7. The van der Waals surface area contributed by atoms with Crippen molar-refractivity contribution in [1.82, 2.24) is 0 Å². The molecule has 2 heteroatoms. The van der Waals surface area contributed by atoms with Crippen molar-refractivity contribution in [3.63, 3.8) is 0 Å². The van der Waals surface area contributed by atoms with Gasteiger partial charge in [0.1, 0.15) is 0 Å². The van der Waals surface area contributed by atoms with Gasteiger partial charge < -0.3 is 9.84 Å². The lowest BCUT2D eigenvalue weighted by Gasteiger charge is -2.58. The standard InChI is InChI=1S/C27H44O2/c1-17(6-11-24-25(2,3)29-24)21-9-10-22-20-8-7-18-16-19(28)12-14-26(18,4)23(20)13-15-27(21,22)5/h7,17,19-24,28H,6,8-16H2,1-5H3/t17-,19+,20+,21-,22+,23+,24?,26+,27-/m1/s1. The van der Waals surface area contributed by atoms with Gasteiger partial charge in [-0.15, -0.1) is 0 Å².